The van der Waals surface area contributed by atoms with E-state index in [1.54, 1.807) is 0 Å². The molecule has 5 rings (SSSR count). The molecule has 0 saturated heterocycles. The fraction of sp³-hybridized carbons (Fsp3) is 0.0833. The van der Waals surface area contributed by atoms with E-state index in [4.69, 9.17) is 4.74 Å². The molecule has 4 aromatic carbocycles. The Morgan fingerprint density at radius 1 is 0.704 bits per heavy atom. The Morgan fingerprint density at radius 3 is 2.26 bits per heavy atom. The first-order valence-corrected chi connectivity index (χ1v) is 9.84. The molecule has 0 amide bonds. The number of benzene rings is 4. The summed E-state index contributed by atoms with van der Waals surface area (Å²) in [5.74, 6) is 0.939. The summed E-state index contributed by atoms with van der Waals surface area (Å²) >= 11 is 3.51. The van der Waals surface area contributed by atoms with Gasteiger partial charge in [-0.2, -0.15) is 0 Å². The number of fused-ring (bicyclic) bond motifs is 3. The lowest BCUT2D eigenvalue weighted by Crippen LogP contribution is -2.35. The maximum atomic E-state index is 6.39. The van der Waals surface area contributed by atoms with Crippen LogP contribution in [0.25, 0.3) is 10.8 Å². The Kier molecular flexibility index (Phi) is 4.19. The van der Waals surface area contributed by atoms with Gasteiger partial charge in [-0.25, -0.2) is 0 Å². The lowest BCUT2D eigenvalue weighted by Gasteiger charge is -2.35. The lowest BCUT2D eigenvalue weighted by atomic mass is 9.91. The summed E-state index contributed by atoms with van der Waals surface area (Å²) in [5.41, 5.74) is 3.55. The van der Waals surface area contributed by atoms with Crippen molar-refractivity contribution in [1.29, 1.82) is 0 Å². The second-order valence-corrected chi connectivity index (χ2v) is 7.67. The molecular formula is C24H18BrNO. The van der Waals surface area contributed by atoms with Crippen LogP contribution in [-0.4, -0.2) is 0 Å². The second kappa shape index (κ2) is 6.84. The predicted molar refractivity (Wildman–Crippen MR) is 113 cm³/mol. The summed E-state index contributed by atoms with van der Waals surface area (Å²) in [6.07, 6.45) is -0.197. The van der Waals surface area contributed by atoms with Gasteiger partial charge in [0.25, 0.3) is 0 Å². The van der Waals surface area contributed by atoms with Crippen molar-refractivity contribution in [2.75, 3.05) is 0 Å². The van der Waals surface area contributed by atoms with E-state index >= 15 is 0 Å². The molecule has 2 atom stereocenters. The third-order valence-electron chi connectivity index (χ3n) is 5.09. The first-order chi connectivity index (χ1) is 13.3. The summed E-state index contributed by atoms with van der Waals surface area (Å²) in [7, 11) is 0. The Labute approximate surface area is 166 Å². The molecule has 27 heavy (non-hydrogen) atoms. The molecule has 0 radical (unpaired) electrons. The molecule has 0 saturated carbocycles. The monoisotopic (exact) mass is 415 g/mol. The Morgan fingerprint density at radius 2 is 1.44 bits per heavy atom. The van der Waals surface area contributed by atoms with E-state index in [2.05, 4.69) is 100 Å². The summed E-state index contributed by atoms with van der Waals surface area (Å²) in [5, 5.41) is 6.17. The van der Waals surface area contributed by atoms with Crippen molar-refractivity contribution < 1.29 is 4.74 Å². The number of hydrogen-bond acceptors (Lipinski definition) is 2. The first-order valence-electron chi connectivity index (χ1n) is 9.04. The molecule has 0 aromatic heterocycles. The van der Waals surface area contributed by atoms with E-state index in [9.17, 15) is 0 Å². The van der Waals surface area contributed by atoms with Crippen LogP contribution in [0.2, 0.25) is 0 Å². The van der Waals surface area contributed by atoms with Gasteiger partial charge in [-0.05, 0) is 34.5 Å². The average Bonchev–Trinajstić information content (AvgIpc) is 2.74. The standard InChI is InChI=1S/C24H18BrNO/c25-19-13-10-18(11-14-19)24-26-23(17-7-2-1-3-8-17)22-20-9-5-4-6-16(20)12-15-21(22)27-24/h1-15,23-24,26H/t23-,24+/m0/s1. The molecule has 1 aliphatic heterocycles. The van der Waals surface area contributed by atoms with E-state index in [1.807, 2.05) is 12.1 Å². The van der Waals surface area contributed by atoms with E-state index < -0.39 is 0 Å². The van der Waals surface area contributed by atoms with Crippen LogP contribution >= 0.6 is 15.9 Å². The third-order valence-corrected chi connectivity index (χ3v) is 5.62. The lowest BCUT2D eigenvalue weighted by molar-refractivity contribution is 0.134. The highest BCUT2D eigenvalue weighted by Gasteiger charge is 2.31. The van der Waals surface area contributed by atoms with Crippen LogP contribution in [-0.2, 0) is 0 Å². The van der Waals surface area contributed by atoms with Crippen molar-refractivity contribution in [1.82, 2.24) is 5.32 Å². The molecule has 0 bridgehead atoms. The molecule has 1 heterocycles. The van der Waals surface area contributed by atoms with Crippen LogP contribution in [0, 0.1) is 0 Å². The van der Waals surface area contributed by atoms with Crippen molar-refractivity contribution >= 4 is 26.7 Å². The van der Waals surface area contributed by atoms with Gasteiger partial charge in [0.2, 0.25) is 0 Å². The smallest absolute Gasteiger partial charge is 0.177 e. The van der Waals surface area contributed by atoms with Crippen molar-refractivity contribution in [2.24, 2.45) is 0 Å². The van der Waals surface area contributed by atoms with Gasteiger partial charge in [-0.3, -0.25) is 5.32 Å². The molecule has 0 fully saturated rings. The predicted octanol–water partition coefficient (Wildman–Crippen LogP) is 6.37. The van der Waals surface area contributed by atoms with Gasteiger partial charge in [0, 0.05) is 15.6 Å². The fourth-order valence-corrected chi connectivity index (χ4v) is 4.05. The zero-order chi connectivity index (χ0) is 18.2. The third kappa shape index (κ3) is 3.03. The van der Waals surface area contributed by atoms with Gasteiger partial charge >= 0.3 is 0 Å². The molecule has 0 aliphatic carbocycles. The zero-order valence-corrected chi connectivity index (χ0v) is 16.2. The average molecular weight is 416 g/mol. The summed E-state index contributed by atoms with van der Waals surface area (Å²) < 4.78 is 7.45. The van der Waals surface area contributed by atoms with Crippen molar-refractivity contribution in [3.05, 3.63) is 112 Å². The van der Waals surface area contributed by atoms with E-state index in [-0.39, 0.29) is 12.3 Å². The van der Waals surface area contributed by atoms with E-state index in [0.717, 1.165) is 15.8 Å². The van der Waals surface area contributed by atoms with Crippen LogP contribution in [0.4, 0.5) is 0 Å². The van der Waals surface area contributed by atoms with Gasteiger partial charge < -0.3 is 4.74 Å². The highest BCUT2D eigenvalue weighted by atomic mass is 79.9. The highest BCUT2D eigenvalue weighted by Crippen LogP contribution is 2.42. The molecule has 2 nitrogen and oxygen atoms in total. The Hall–Kier alpha value is -2.62. The topological polar surface area (TPSA) is 21.3 Å². The van der Waals surface area contributed by atoms with Crippen molar-refractivity contribution in [3.63, 3.8) is 0 Å². The number of rotatable bonds is 2. The zero-order valence-electron chi connectivity index (χ0n) is 14.6. The molecular weight excluding hydrogens is 398 g/mol. The highest BCUT2D eigenvalue weighted by molar-refractivity contribution is 9.10. The molecule has 0 unspecified atom stereocenters. The molecule has 3 heteroatoms. The Balaban J connectivity index is 1.68. The second-order valence-electron chi connectivity index (χ2n) is 6.76. The maximum absolute atomic E-state index is 6.39. The molecule has 132 valence electrons. The van der Waals surface area contributed by atoms with E-state index in [0.29, 0.717) is 0 Å². The van der Waals surface area contributed by atoms with Crippen LogP contribution in [0.3, 0.4) is 0 Å². The Bertz CT molecular complexity index is 1090. The van der Waals surface area contributed by atoms with Crippen LogP contribution in [0.15, 0.2) is 95.5 Å². The molecule has 0 spiro atoms. The molecule has 1 N–H and O–H groups in total. The summed E-state index contributed by atoms with van der Waals surface area (Å²) in [4.78, 5) is 0. The van der Waals surface area contributed by atoms with Crippen LogP contribution in [0.1, 0.15) is 29.0 Å². The minimum absolute atomic E-state index is 0.0645. The van der Waals surface area contributed by atoms with Gasteiger partial charge in [-0.1, -0.05) is 88.7 Å². The molecule has 1 aliphatic rings. The van der Waals surface area contributed by atoms with Gasteiger partial charge in [0.1, 0.15) is 5.75 Å². The minimum Gasteiger partial charge on any atom is -0.471 e. The van der Waals surface area contributed by atoms with Gasteiger partial charge in [0.05, 0.1) is 6.04 Å². The molecule has 4 aromatic rings. The summed E-state index contributed by atoms with van der Waals surface area (Å²) in [6, 6.07) is 31.7. The number of hydrogen-bond donors (Lipinski definition) is 1. The van der Waals surface area contributed by atoms with Gasteiger partial charge in [-0.15, -0.1) is 0 Å². The summed E-state index contributed by atoms with van der Waals surface area (Å²) in [6.45, 7) is 0. The normalized spacial score (nSPS) is 18.7. The SMILES string of the molecule is Brc1ccc([C@@H]2N[C@@H](c3ccccc3)c3c(ccc4ccccc34)O2)cc1. The number of nitrogens with one attached hydrogen (secondary N) is 1. The fourth-order valence-electron chi connectivity index (χ4n) is 3.78. The number of halogens is 1. The minimum atomic E-state index is -0.197. The first kappa shape index (κ1) is 16.5. The van der Waals surface area contributed by atoms with Gasteiger partial charge in [0.15, 0.2) is 6.23 Å². The van der Waals surface area contributed by atoms with Crippen LogP contribution in [0.5, 0.6) is 5.75 Å². The maximum Gasteiger partial charge on any atom is 0.177 e. The van der Waals surface area contributed by atoms with Crippen molar-refractivity contribution in [3.8, 4) is 5.75 Å². The number of ether oxygens (including phenoxy) is 1. The quantitative estimate of drug-likeness (QED) is 0.410. The van der Waals surface area contributed by atoms with E-state index in [1.165, 1.54) is 21.9 Å². The largest absolute Gasteiger partial charge is 0.471 e. The van der Waals surface area contributed by atoms with Crippen molar-refractivity contribution in [2.45, 2.75) is 12.3 Å². The van der Waals surface area contributed by atoms with Crippen LogP contribution < -0.4 is 10.1 Å².